The van der Waals surface area contributed by atoms with Gasteiger partial charge in [-0.25, -0.2) is 9.83 Å². The first kappa shape index (κ1) is 29.5. The van der Waals surface area contributed by atoms with Gasteiger partial charge >= 0.3 is 0 Å². The third kappa shape index (κ3) is 4.92. The van der Waals surface area contributed by atoms with Crippen molar-refractivity contribution in [1.29, 1.82) is 0 Å². The van der Waals surface area contributed by atoms with Gasteiger partial charge in [-0.3, -0.25) is 4.57 Å². The molecule has 0 aliphatic carbocycles. The predicted octanol–water partition coefficient (Wildman–Crippen LogP) is 12.1. The van der Waals surface area contributed by atoms with Gasteiger partial charge in [0.15, 0.2) is 17.3 Å². The van der Waals surface area contributed by atoms with Gasteiger partial charge in [-0.1, -0.05) is 121 Å². The molecular weight excluding hydrogens is 639 g/mol. The summed E-state index contributed by atoms with van der Waals surface area (Å²) in [7, 11) is 0. The molecule has 0 aliphatic rings. The average molecular weight is 666 g/mol. The van der Waals surface area contributed by atoms with Gasteiger partial charge in [0, 0.05) is 32.7 Å². The number of benzene rings is 7. The molecule has 0 amide bonds. The van der Waals surface area contributed by atoms with Crippen LogP contribution >= 0.6 is 0 Å². The van der Waals surface area contributed by atoms with Crippen LogP contribution < -0.4 is 0 Å². The van der Waals surface area contributed by atoms with Crippen molar-refractivity contribution in [2.45, 2.75) is 0 Å². The van der Waals surface area contributed by atoms with Crippen LogP contribution in [0.15, 0.2) is 168 Å². The minimum Gasteiger partial charge on any atom is -0.456 e. The zero-order chi connectivity index (χ0) is 34.6. The molecule has 0 radical (unpaired) electrons. The van der Waals surface area contributed by atoms with Crippen LogP contribution in [0.5, 0.6) is 0 Å². The number of aromatic nitrogens is 4. The molecule has 3 aromatic heterocycles. The Balaban J connectivity index is 1.16. The molecule has 7 aromatic carbocycles. The molecule has 6 nitrogen and oxygen atoms in total. The molecule has 0 fully saturated rings. The molecule has 0 atom stereocenters. The summed E-state index contributed by atoms with van der Waals surface area (Å²) in [5.41, 5.74) is 10.4. The van der Waals surface area contributed by atoms with Gasteiger partial charge in [0.2, 0.25) is 5.95 Å². The number of fused-ring (bicyclic) bond motifs is 6. The van der Waals surface area contributed by atoms with Crippen LogP contribution in [0.1, 0.15) is 0 Å². The van der Waals surface area contributed by atoms with E-state index in [1.54, 1.807) is 0 Å². The monoisotopic (exact) mass is 665 g/mol. The summed E-state index contributed by atoms with van der Waals surface area (Å²) in [4.78, 5) is 19.0. The highest BCUT2D eigenvalue weighted by molar-refractivity contribution is 6.09. The number of nitrogens with zero attached hydrogens (tertiary/aromatic N) is 5. The molecule has 6 heteroatoms. The Morgan fingerprint density at radius 3 is 1.56 bits per heavy atom. The van der Waals surface area contributed by atoms with Crippen LogP contribution in [0.3, 0.4) is 0 Å². The van der Waals surface area contributed by atoms with E-state index in [0.717, 1.165) is 77.1 Å². The van der Waals surface area contributed by atoms with E-state index < -0.39 is 0 Å². The molecule has 0 N–H and O–H groups in total. The Morgan fingerprint density at radius 1 is 0.423 bits per heavy atom. The normalized spacial score (nSPS) is 11.4. The third-order valence-corrected chi connectivity index (χ3v) is 9.71. The summed E-state index contributed by atoms with van der Waals surface area (Å²) in [5.74, 6) is 1.70. The molecule has 10 aromatic rings. The molecule has 0 unspecified atom stereocenters. The van der Waals surface area contributed by atoms with Crippen LogP contribution in [-0.4, -0.2) is 19.5 Å². The summed E-state index contributed by atoms with van der Waals surface area (Å²) in [5, 5.41) is 4.25. The maximum absolute atomic E-state index is 7.31. The number of furan rings is 1. The zero-order valence-electron chi connectivity index (χ0n) is 27.7. The fourth-order valence-corrected chi connectivity index (χ4v) is 7.13. The van der Waals surface area contributed by atoms with E-state index >= 15 is 0 Å². The van der Waals surface area contributed by atoms with Gasteiger partial charge in [-0.05, 0) is 64.7 Å². The van der Waals surface area contributed by atoms with Crippen molar-refractivity contribution in [2.24, 2.45) is 0 Å². The quantitative estimate of drug-likeness (QED) is 0.172. The standard InChI is InChI=1S/C46H27N5O/c1-47-35-23-19-31(20-24-35)33-21-25-42-38(27-33)39-28-34(22-26-43(39)52-42)45-48-44(32-17-15-30(16-18-32)29-9-3-2-4-10-29)49-46(50-45)51-40-13-7-5-11-36(40)37-12-6-8-14-41(37)51/h2-28H. The highest BCUT2D eigenvalue weighted by Crippen LogP contribution is 2.36. The third-order valence-electron chi connectivity index (χ3n) is 9.71. The van der Waals surface area contributed by atoms with Crippen molar-refractivity contribution in [3.63, 3.8) is 0 Å². The SMILES string of the molecule is [C-]#[N+]c1ccc(-c2ccc3oc4ccc(-c5nc(-c6ccc(-c7ccccc7)cc6)nc(-n6c7ccccc7c7ccccc76)n5)cc4c3c2)cc1. The van der Waals surface area contributed by atoms with Crippen molar-refractivity contribution >= 4 is 49.4 Å². The summed E-state index contributed by atoms with van der Waals surface area (Å²) < 4.78 is 8.43. The highest BCUT2D eigenvalue weighted by Gasteiger charge is 2.19. The largest absolute Gasteiger partial charge is 0.456 e. The molecule has 0 saturated carbocycles. The molecule has 242 valence electrons. The van der Waals surface area contributed by atoms with E-state index in [1.165, 1.54) is 0 Å². The second-order valence-corrected chi connectivity index (χ2v) is 12.8. The molecule has 0 spiro atoms. The minimum absolute atomic E-state index is 0.548. The Kier molecular flexibility index (Phi) is 6.76. The molecule has 0 bridgehead atoms. The van der Waals surface area contributed by atoms with Crippen molar-refractivity contribution in [3.05, 3.63) is 175 Å². The molecular formula is C46H27N5O. The van der Waals surface area contributed by atoms with Crippen molar-refractivity contribution in [1.82, 2.24) is 19.5 Å². The average Bonchev–Trinajstić information content (AvgIpc) is 3.76. The number of para-hydroxylation sites is 2. The number of hydrogen-bond acceptors (Lipinski definition) is 4. The van der Waals surface area contributed by atoms with Crippen LogP contribution in [0.2, 0.25) is 0 Å². The smallest absolute Gasteiger partial charge is 0.238 e. The van der Waals surface area contributed by atoms with Crippen molar-refractivity contribution in [2.75, 3.05) is 0 Å². The van der Waals surface area contributed by atoms with Gasteiger partial charge in [0.05, 0.1) is 17.6 Å². The first-order valence-electron chi connectivity index (χ1n) is 17.1. The predicted molar refractivity (Wildman–Crippen MR) is 209 cm³/mol. The molecule has 0 saturated heterocycles. The Bertz CT molecular complexity index is 2950. The summed E-state index contributed by atoms with van der Waals surface area (Å²) in [6.45, 7) is 7.31. The summed E-state index contributed by atoms with van der Waals surface area (Å²) in [6, 6.07) is 55.5. The zero-order valence-corrected chi connectivity index (χ0v) is 27.7. The Morgan fingerprint density at radius 2 is 0.904 bits per heavy atom. The lowest BCUT2D eigenvalue weighted by atomic mass is 10.0. The van der Waals surface area contributed by atoms with Gasteiger partial charge < -0.3 is 4.42 Å². The van der Waals surface area contributed by atoms with Crippen LogP contribution in [0.25, 0.3) is 99.6 Å². The maximum Gasteiger partial charge on any atom is 0.238 e. The van der Waals surface area contributed by atoms with E-state index in [9.17, 15) is 0 Å². The Hall–Kier alpha value is -7.36. The lowest BCUT2D eigenvalue weighted by Crippen LogP contribution is -2.06. The maximum atomic E-state index is 7.31. The first-order chi connectivity index (χ1) is 25.7. The second kappa shape index (κ2) is 11.9. The van der Waals surface area contributed by atoms with E-state index in [2.05, 4.69) is 100 Å². The lowest BCUT2D eigenvalue weighted by molar-refractivity contribution is 0.669. The summed E-state index contributed by atoms with van der Waals surface area (Å²) >= 11 is 0. The van der Waals surface area contributed by atoms with E-state index in [0.29, 0.717) is 23.3 Å². The van der Waals surface area contributed by atoms with Crippen LogP contribution in [-0.2, 0) is 0 Å². The number of hydrogen-bond donors (Lipinski definition) is 0. The molecule has 10 rings (SSSR count). The van der Waals surface area contributed by atoms with E-state index in [4.69, 9.17) is 25.9 Å². The summed E-state index contributed by atoms with van der Waals surface area (Å²) in [6.07, 6.45) is 0. The fraction of sp³-hybridized carbons (Fsp3) is 0. The van der Waals surface area contributed by atoms with Gasteiger partial charge in [0.1, 0.15) is 11.2 Å². The first-order valence-corrected chi connectivity index (χ1v) is 17.1. The van der Waals surface area contributed by atoms with E-state index in [1.807, 2.05) is 72.8 Å². The molecule has 0 aliphatic heterocycles. The van der Waals surface area contributed by atoms with Crippen molar-refractivity contribution < 1.29 is 4.42 Å². The molecule has 52 heavy (non-hydrogen) atoms. The lowest BCUT2D eigenvalue weighted by Gasteiger charge is -2.11. The topological polar surface area (TPSA) is 61.1 Å². The van der Waals surface area contributed by atoms with Crippen molar-refractivity contribution in [3.8, 4) is 51.0 Å². The Labute approximate surface area is 298 Å². The van der Waals surface area contributed by atoms with Gasteiger partial charge in [-0.2, -0.15) is 9.97 Å². The highest BCUT2D eigenvalue weighted by atomic mass is 16.3. The van der Waals surface area contributed by atoms with Gasteiger partial charge in [0.25, 0.3) is 0 Å². The van der Waals surface area contributed by atoms with Gasteiger partial charge in [-0.15, -0.1) is 0 Å². The fourth-order valence-electron chi connectivity index (χ4n) is 7.13. The minimum atomic E-state index is 0.548. The van der Waals surface area contributed by atoms with E-state index in [-0.39, 0.29) is 0 Å². The van der Waals surface area contributed by atoms with Crippen LogP contribution in [0.4, 0.5) is 5.69 Å². The van der Waals surface area contributed by atoms with Crippen LogP contribution in [0, 0.1) is 6.57 Å². The number of rotatable bonds is 5. The second-order valence-electron chi connectivity index (χ2n) is 12.8. The molecule has 3 heterocycles.